The van der Waals surface area contributed by atoms with Crippen LogP contribution in [0, 0.1) is 0 Å². The van der Waals surface area contributed by atoms with Gasteiger partial charge in [-0.1, -0.05) is 24.3 Å². The molecule has 2 aromatic carbocycles. The highest BCUT2D eigenvalue weighted by atomic mass is 32.1. The zero-order valence-electron chi connectivity index (χ0n) is 19.3. The Morgan fingerprint density at radius 3 is 2.38 bits per heavy atom. The Balaban J connectivity index is 2.17. The van der Waals surface area contributed by atoms with E-state index in [0.717, 1.165) is 16.9 Å². The fourth-order valence-corrected chi connectivity index (χ4v) is 4.34. The van der Waals surface area contributed by atoms with Crippen molar-refractivity contribution in [3.8, 4) is 11.5 Å². The van der Waals surface area contributed by atoms with E-state index < -0.39 is 6.04 Å². The first kappa shape index (κ1) is 23.6. The van der Waals surface area contributed by atoms with Crippen LogP contribution in [0.5, 0.6) is 11.5 Å². The Morgan fingerprint density at radius 1 is 1.09 bits per heavy atom. The predicted octanol–water partition coefficient (Wildman–Crippen LogP) is 4.67. The number of rotatable bonds is 8. The Hall–Kier alpha value is -3.06. The minimum atomic E-state index is -0.402. The van der Waals surface area contributed by atoms with Gasteiger partial charge in [-0.05, 0) is 69.7 Å². The highest BCUT2D eigenvalue weighted by molar-refractivity contribution is 7.80. The van der Waals surface area contributed by atoms with Crippen LogP contribution in [-0.4, -0.2) is 42.7 Å². The highest BCUT2D eigenvalue weighted by Gasteiger charge is 2.36. The number of anilines is 1. The predicted molar refractivity (Wildman–Crippen MR) is 132 cm³/mol. The quantitative estimate of drug-likeness (QED) is 0.586. The van der Waals surface area contributed by atoms with Crippen molar-refractivity contribution in [3.63, 3.8) is 0 Å². The van der Waals surface area contributed by atoms with E-state index in [4.69, 9.17) is 21.7 Å². The second-order valence-electron chi connectivity index (χ2n) is 7.37. The Morgan fingerprint density at radius 2 is 1.78 bits per heavy atom. The van der Waals surface area contributed by atoms with Gasteiger partial charge < -0.3 is 19.7 Å². The van der Waals surface area contributed by atoms with E-state index in [1.807, 2.05) is 86.0 Å². The summed E-state index contributed by atoms with van der Waals surface area (Å²) in [6.07, 6.45) is 0. The number of amides is 1. The number of likely N-dealkylation sites (N-methyl/N-ethyl adjacent to an activating group) is 1. The fourth-order valence-electron chi connectivity index (χ4n) is 3.98. The maximum Gasteiger partial charge on any atom is 0.253 e. The molecule has 0 radical (unpaired) electrons. The summed E-state index contributed by atoms with van der Waals surface area (Å²) >= 11 is 5.76. The van der Waals surface area contributed by atoms with Gasteiger partial charge in [-0.2, -0.15) is 0 Å². The number of carbonyl (C=O) groups is 1. The molecule has 1 aliphatic rings. The van der Waals surface area contributed by atoms with Crippen molar-refractivity contribution < 1.29 is 14.3 Å². The SMILES string of the molecule is CCOc1cc([C@@H]2NC(=S)N(c3ccccc3)C(C)=C2C(=O)N(CC)CC)ccc1OC. The number of carbonyl (C=O) groups excluding carboxylic acids is 1. The van der Waals surface area contributed by atoms with Crippen LogP contribution in [-0.2, 0) is 4.79 Å². The van der Waals surface area contributed by atoms with Crippen LogP contribution >= 0.6 is 12.2 Å². The van der Waals surface area contributed by atoms with Gasteiger partial charge in [0.05, 0.1) is 25.3 Å². The molecule has 7 heteroatoms. The molecule has 0 bridgehead atoms. The van der Waals surface area contributed by atoms with Gasteiger partial charge in [-0.25, -0.2) is 0 Å². The second-order valence-corrected chi connectivity index (χ2v) is 7.76. The monoisotopic (exact) mass is 453 g/mol. The molecule has 0 spiro atoms. The number of hydrogen-bond acceptors (Lipinski definition) is 4. The van der Waals surface area contributed by atoms with Crippen molar-refractivity contribution in [2.24, 2.45) is 0 Å². The van der Waals surface area contributed by atoms with Crippen LogP contribution < -0.4 is 19.7 Å². The molecule has 2 aromatic rings. The van der Waals surface area contributed by atoms with Crippen molar-refractivity contribution in [2.75, 3.05) is 31.7 Å². The number of para-hydroxylation sites is 1. The number of ether oxygens (including phenoxy) is 2. The molecule has 0 aliphatic carbocycles. The first-order valence-electron chi connectivity index (χ1n) is 10.9. The lowest BCUT2D eigenvalue weighted by Gasteiger charge is -2.39. The molecule has 170 valence electrons. The lowest BCUT2D eigenvalue weighted by atomic mass is 9.93. The van der Waals surface area contributed by atoms with Crippen molar-refractivity contribution in [2.45, 2.75) is 33.7 Å². The Bertz CT molecular complexity index is 1000. The van der Waals surface area contributed by atoms with Crippen molar-refractivity contribution in [3.05, 3.63) is 65.4 Å². The summed E-state index contributed by atoms with van der Waals surface area (Å²) < 4.78 is 11.2. The molecule has 0 saturated carbocycles. The van der Waals surface area contributed by atoms with Gasteiger partial charge >= 0.3 is 0 Å². The number of nitrogens with one attached hydrogen (secondary N) is 1. The summed E-state index contributed by atoms with van der Waals surface area (Å²) in [7, 11) is 1.61. The van der Waals surface area contributed by atoms with Crippen LogP contribution in [0.4, 0.5) is 5.69 Å². The lowest BCUT2D eigenvalue weighted by Crippen LogP contribution is -2.50. The standard InChI is InChI=1S/C25H31N3O3S/c1-6-27(7-2)24(29)22-17(4)28(19-12-10-9-11-13-19)25(32)26-23(22)18-14-15-20(30-5)21(16-18)31-8-3/h9-16,23H,6-8H2,1-5H3,(H,26,32)/t23-/m0/s1. The molecule has 0 fully saturated rings. The summed E-state index contributed by atoms with van der Waals surface area (Å²) in [5.41, 5.74) is 3.28. The van der Waals surface area contributed by atoms with Gasteiger partial charge in [0.2, 0.25) is 0 Å². The van der Waals surface area contributed by atoms with Crippen LogP contribution in [0.15, 0.2) is 59.8 Å². The molecule has 0 aromatic heterocycles. The van der Waals surface area contributed by atoms with Gasteiger partial charge in [0.15, 0.2) is 16.6 Å². The fraction of sp³-hybridized carbons (Fsp3) is 0.360. The lowest BCUT2D eigenvalue weighted by molar-refractivity contribution is -0.127. The first-order chi connectivity index (χ1) is 15.5. The third-order valence-corrected chi connectivity index (χ3v) is 5.90. The molecule has 0 saturated heterocycles. The topological polar surface area (TPSA) is 54.0 Å². The normalized spacial score (nSPS) is 16.0. The molecule has 32 heavy (non-hydrogen) atoms. The van der Waals surface area contributed by atoms with Crippen LogP contribution in [0.1, 0.15) is 39.3 Å². The minimum Gasteiger partial charge on any atom is -0.493 e. The number of thiocarbonyl (C=S) groups is 1. The summed E-state index contributed by atoms with van der Waals surface area (Å²) in [4.78, 5) is 17.4. The molecule has 1 atom stereocenters. The van der Waals surface area contributed by atoms with E-state index in [-0.39, 0.29) is 5.91 Å². The third-order valence-electron chi connectivity index (χ3n) is 5.60. The van der Waals surface area contributed by atoms with Gasteiger partial charge in [-0.3, -0.25) is 9.69 Å². The van der Waals surface area contributed by atoms with Gasteiger partial charge in [0, 0.05) is 24.5 Å². The molecule has 0 unspecified atom stereocenters. The highest BCUT2D eigenvalue weighted by Crippen LogP contribution is 2.37. The summed E-state index contributed by atoms with van der Waals surface area (Å²) in [6.45, 7) is 9.63. The number of hydrogen-bond donors (Lipinski definition) is 1. The van der Waals surface area contributed by atoms with Gasteiger partial charge in [-0.15, -0.1) is 0 Å². The zero-order valence-corrected chi connectivity index (χ0v) is 20.2. The van der Waals surface area contributed by atoms with Gasteiger partial charge in [0.25, 0.3) is 5.91 Å². The van der Waals surface area contributed by atoms with E-state index in [1.165, 1.54) is 0 Å². The third kappa shape index (κ3) is 4.58. The number of allylic oxidation sites excluding steroid dienone is 1. The molecule has 6 nitrogen and oxygen atoms in total. The maximum atomic E-state index is 13.7. The first-order valence-corrected chi connectivity index (χ1v) is 11.3. The number of methoxy groups -OCH3 is 1. The minimum absolute atomic E-state index is 0.0118. The Labute approximate surface area is 195 Å². The molecule has 1 amide bonds. The molecular formula is C25H31N3O3S. The van der Waals surface area contributed by atoms with E-state index in [9.17, 15) is 4.79 Å². The van der Waals surface area contributed by atoms with E-state index >= 15 is 0 Å². The number of benzene rings is 2. The largest absolute Gasteiger partial charge is 0.493 e. The average Bonchev–Trinajstić information content (AvgIpc) is 2.80. The van der Waals surface area contributed by atoms with E-state index in [2.05, 4.69) is 5.32 Å². The van der Waals surface area contributed by atoms with Crippen molar-refractivity contribution in [1.82, 2.24) is 10.2 Å². The van der Waals surface area contributed by atoms with Crippen LogP contribution in [0.25, 0.3) is 0 Å². The zero-order chi connectivity index (χ0) is 23.3. The smallest absolute Gasteiger partial charge is 0.253 e. The molecular weight excluding hydrogens is 422 g/mol. The molecule has 1 N–H and O–H groups in total. The summed E-state index contributed by atoms with van der Waals surface area (Å²) in [5.74, 6) is 1.28. The molecule has 3 rings (SSSR count). The second kappa shape index (κ2) is 10.5. The van der Waals surface area contributed by atoms with Crippen LogP contribution in [0.2, 0.25) is 0 Å². The van der Waals surface area contributed by atoms with Crippen molar-refractivity contribution in [1.29, 1.82) is 0 Å². The van der Waals surface area contributed by atoms with E-state index in [0.29, 0.717) is 41.9 Å². The maximum absolute atomic E-state index is 13.7. The van der Waals surface area contributed by atoms with E-state index in [1.54, 1.807) is 7.11 Å². The summed E-state index contributed by atoms with van der Waals surface area (Å²) in [5, 5.41) is 3.95. The Kier molecular flexibility index (Phi) is 7.75. The number of nitrogens with zero attached hydrogens (tertiary/aromatic N) is 2. The van der Waals surface area contributed by atoms with Gasteiger partial charge in [0.1, 0.15) is 0 Å². The molecule has 1 heterocycles. The molecule has 1 aliphatic heterocycles. The van der Waals surface area contributed by atoms with Crippen LogP contribution in [0.3, 0.4) is 0 Å². The summed E-state index contributed by atoms with van der Waals surface area (Å²) in [6, 6.07) is 15.2. The van der Waals surface area contributed by atoms with Crippen molar-refractivity contribution >= 4 is 28.9 Å². The average molecular weight is 454 g/mol.